The number of ether oxygens (including phenoxy) is 3. The van der Waals surface area contributed by atoms with Gasteiger partial charge in [-0.15, -0.1) is 10.2 Å². The lowest BCUT2D eigenvalue weighted by molar-refractivity contribution is -0.479. The van der Waals surface area contributed by atoms with E-state index >= 15 is 0 Å². The van der Waals surface area contributed by atoms with Crippen LogP contribution in [0.2, 0.25) is 0 Å². The molecule has 0 spiro atoms. The largest absolute Gasteiger partial charge is 0.497 e. The Morgan fingerprint density at radius 1 is 1.03 bits per heavy atom. The standard InChI is InChI=1S/C20H22N4O5S/c1-13-21-22-20(24(13)14-5-7-15(27-2)8-6-14)30-19(12-23(25)26)17-11-16(28-3)9-10-18(17)29-4/h5-11,19H,12H2,1-4H3/t19-/m0/s1. The first kappa shape index (κ1) is 21.4. The summed E-state index contributed by atoms with van der Waals surface area (Å²) in [5, 5.41) is 19.8. The molecular formula is C20H22N4O5S. The van der Waals surface area contributed by atoms with E-state index in [0.29, 0.717) is 28.0 Å². The van der Waals surface area contributed by atoms with Gasteiger partial charge in [0.15, 0.2) is 5.16 Å². The lowest BCUT2D eigenvalue weighted by Gasteiger charge is -2.17. The first-order valence-corrected chi connectivity index (χ1v) is 9.91. The van der Waals surface area contributed by atoms with Gasteiger partial charge in [0.1, 0.15) is 28.3 Å². The Morgan fingerprint density at radius 2 is 1.70 bits per heavy atom. The van der Waals surface area contributed by atoms with E-state index in [1.807, 2.05) is 35.8 Å². The molecule has 2 aromatic carbocycles. The predicted molar refractivity (Wildman–Crippen MR) is 113 cm³/mol. The number of thioether (sulfide) groups is 1. The summed E-state index contributed by atoms with van der Waals surface area (Å²) in [4.78, 5) is 11.1. The molecule has 0 aliphatic heterocycles. The monoisotopic (exact) mass is 430 g/mol. The summed E-state index contributed by atoms with van der Waals surface area (Å²) >= 11 is 1.25. The van der Waals surface area contributed by atoms with E-state index in [1.165, 1.54) is 18.9 Å². The molecular weight excluding hydrogens is 408 g/mol. The molecule has 0 bridgehead atoms. The molecule has 0 amide bonds. The molecule has 3 aromatic rings. The van der Waals surface area contributed by atoms with Gasteiger partial charge in [-0.3, -0.25) is 14.7 Å². The van der Waals surface area contributed by atoms with E-state index in [9.17, 15) is 10.1 Å². The Labute approximate surface area is 178 Å². The zero-order valence-electron chi connectivity index (χ0n) is 17.1. The molecule has 0 saturated carbocycles. The van der Waals surface area contributed by atoms with Crippen LogP contribution in [0, 0.1) is 17.0 Å². The van der Waals surface area contributed by atoms with Gasteiger partial charge in [-0.1, -0.05) is 11.8 Å². The maximum atomic E-state index is 11.4. The van der Waals surface area contributed by atoms with Crippen LogP contribution < -0.4 is 14.2 Å². The van der Waals surface area contributed by atoms with Gasteiger partial charge in [-0.25, -0.2) is 0 Å². The Bertz CT molecular complexity index is 1020. The van der Waals surface area contributed by atoms with E-state index in [1.54, 1.807) is 32.4 Å². The van der Waals surface area contributed by atoms with Crippen molar-refractivity contribution in [1.29, 1.82) is 0 Å². The van der Waals surface area contributed by atoms with Gasteiger partial charge in [0.25, 0.3) is 0 Å². The highest BCUT2D eigenvalue weighted by Gasteiger charge is 2.27. The van der Waals surface area contributed by atoms with Gasteiger partial charge in [0.05, 0.1) is 21.3 Å². The lowest BCUT2D eigenvalue weighted by Crippen LogP contribution is -2.12. The van der Waals surface area contributed by atoms with Gasteiger partial charge in [-0.2, -0.15) is 0 Å². The molecule has 0 saturated heterocycles. The average molecular weight is 430 g/mol. The first-order valence-electron chi connectivity index (χ1n) is 9.03. The highest BCUT2D eigenvalue weighted by molar-refractivity contribution is 7.99. The average Bonchev–Trinajstić information content (AvgIpc) is 3.12. The number of benzene rings is 2. The molecule has 1 atom stereocenters. The van der Waals surface area contributed by atoms with Crippen molar-refractivity contribution in [2.45, 2.75) is 17.3 Å². The van der Waals surface area contributed by atoms with Gasteiger partial charge in [0, 0.05) is 16.2 Å². The fourth-order valence-corrected chi connectivity index (χ4v) is 4.19. The molecule has 1 aromatic heterocycles. The second-order valence-corrected chi connectivity index (χ2v) is 7.46. The first-order chi connectivity index (χ1) is 14.5. The van der Waals surface area contributed by atoms with E-state index in [4.69, 9.17) is 14.2 Å². The fraction of sp³-hybridized carbons (Fsp3) is 0.300. The van der Waals surface area contributed by atoms with E-state index in [-0.39, 0.29) is 11.5 Å². The van der Waals surface area contributed by atoms with Crippen molar-refractivity contribution in [2.75, 3.05) is 27.9 Å². The van der Waals surface area contributed by atoms with Gasteiger partial charge in [0.2, 0.25) is 6.54 Å². The lowest BCUT2D eigenvalue weighted by atomic mass is 10.1. The van der Waals surface area contributed by atoms with Crippen molar-refractivity contribution < 1.29 is 19.1 Å². The molecule has 1 heterocycles. The smallest absolute Gasteiger partial charge is 0.220 e. The maximum absolute atomic E-state index is 11.4. The van der Waals surface area contributed by atoms with Crippen LogP contribution in [0.1, 0.15) is 16.6 Å². The Hall–Kier alpha value is -3.27. The number of methoxy groups -OCH3 is 3. The van der Waals surface area contributed by atoms with E-state index in [2.05, 4.69) is 10.2 Å². The molecule has 10 heteroatoms. The summed E-state index contributed by atoms with van der Waals surface area (Å²) in [6, 6.07) is 12.7. The molecule has 0 unspecified atom stereocenters. The minimum Gasteiger partial charge on any atom is -0.497 e. The van der Waals surface area contributed by atoms with Crippen LogP contribution in [0.25, 0.3) is 5.69 Å². The van der Waals surface area contributed by atoms with Crippen LogP contribution in [-0.2, 0) is 0 Å². The maximum Gasteiger partial charge on any atom is 0.220 e. The zero-order valence-corrected chi connectivity index (χ0v) is 17.9. The molecule has 0 fully saturated rings. The Kier molecular flexibility index (Phi) is 6.78. The number of hydrogen-bond acceptors (Lipinski definition) is 8. The Morgan fingerprint density at radius 3 is 2.30 bits per heavy atom. The molecule has 30 heavy (non-hydrogen) atoms. The van der Waals surface area contributed by atoms with Crippen LogP contribution >= 0.6 is 11.8 Å². The van der Waals surface area contributed by atoms with E-state index < -0.39 is 5.25 Å². The van der Waals surface area contributed by atoms with Crippen LogP contribution in [0.4, 0.5) is 0 Å². The summed E-state index contributed by atoms with van der Waals surface area (Å²) in [5.74, 6) is 2.53. The number of nitro groups is 1. The van der Waals surface area contributed by atoms with Gasteiger partial charge < -0.3 is 14.2 Å². The highest BCUT2D eigenvalue weighted by Crippen LogP contribution is 2.41. The SMILES string of the molecule is COc1ccc(-n2c(C)nnc2S[C@@H](C[N+](=O)[O-])c2cc(OC)ccc2OC)cc1. The highest BCUT2D eigenvalue weighted by atomic mass is 32.2. The third kappa shape index (κ3) is 4.65. The third-order valence-corrected chi connectivity index (χ3v) is 5.63. The van der Waals surface area contributed by atoms with Gasteiger partial charge >= 0.3 is 0 Å². The minimum atomic E-state index is -0.564. The Balaban J connectivity index is 2.02. The van der Waals surface area contributed by atoms with Crippen molar-refractivity contribution in [1.82, 2.24) is 14.8 Å². The van der Waals surface area contributed by atoms with Crippen molar-refractivity contribution in [2.24, 2.45) is 0 Å². The summed E-state index contributed by atoms with van der Waals surface area (Å²) < 4.78 is 17.8. The normalized spacial score (nSPS) is 11.7. The van der Waals surface area contributed by atoms with Crippen LogP contribution in [-0.4, -0.2) is 47.6 Å². The molecule has 0 N–H and O–H groups in total. The minimum absolute atomic E-state index is 0.317. The number of nitrogens with zero attached hydrogens (tertiary/aromatic N) is 4. The molecule has 0 aliphatic carbocycles. The summed E-state index contributed by atoms with van der Waals surface area (Å²) in [6.45, 7) is 1.51. The van der Waals surface area contributed by atoms with Crippen molar-refractivity contribution in [3.63, 3.8) is 0 Å². The zero-order chi connectivity index (χ0) is 21.7. The fourth-order valence-electron chi connectivity index (χ4n) is 3.00. The predicted octanol–water partition coefficient (Wildman–Crippen LogP) is 3.71. The van der Waals surface area contributed by atoms with Crippen LogP contribution in [0.3, 0.4) is 0 Å². The second kappa shape index (κ2) is 9.49. The summed E-state index contributed by atoms with van der Waals surface area (Å²) in [5.41, 5.74) is 1.48. The molecule has 3 rings (SSSR count). The van der Waals surface area contributed by atoms with E-state index in [0.717, 1.165) is 11.4 Å². The molecule has 158 valence electrons. The molecule has 0 aliphatic rings. The van der Waals surface area contributed by atoms with Gasteiger partial charge in [-0.05, 0) is 49.4 Å². The second-order valence-electron chi connectivity index (χ2n) is 6.29. The topological polar surface area (TPSA) is 102 Å². The third-order valence-electron chi connectivity index (χ3n) is 4.47. The number of rotatable bonds is 9. The number of aromatic nitrogens is 3. The van der Waals surface area contributed by atoms with Crippen LogP contribution in [0.15, 0.2) is 47.6 Å². The van der Waals surface area contributed by atoms with Crippen LogP contribution in [0.5, 0.6) is 17.2 Å². The number of aryl methyl sites for hydroxylation is 1. The summed E-state index contributed by atoms with van der Waals surface area (Å²) in [7, 11) is 4.68. The number of hydrogen-bond donors (Lipinski definition) is 0. The summed E-state index contributed by atoms with van der Waals surface area (Å²) in [6.07, 6.45) is 0. The van der Waals surface area contributed by atoms with Crippen molar-refractivity contribution in [3.05, 3.63) is 64.0 Å². The van der Waals surface area contributed by atoms with Crippen molar-refractivity contribution in [3.8, 4) is 22.9 Å². The van der Waals surface area contributed by atoms with Crippen molar-refractivity contribution >= 4 is 11.8 Å². The quantitative estimate of drug-likeness (QED) is 0.288. The molecule has 0 radical (unpaired) electrons. The molecule has 9 nitrogen and oxygen atoms in total.